The van der Waals surface area contributed by atoms with Gasteiger partial charge in [-0.05, 0) is 34.0 Å². The van der Waals surface area contributed by atoms with Crippen LogP contribution in [-0.4, -0.2) is 37.2 Å². The predicted molar refractivity (Wildman–Crippen MR) is 59.7 cm³/mol. The number of hydrogen-bond acceptors (Lipinski definition) is 0. The molecule has 0 atom stereocenters. The SMILES string of the molecule is C[N+](C)(C)CCCc1c[nH]c(Br)c1. The van der Waals surface area contributed by atoms with Crippen LogP contribution >= 0.6 is 15.9 Å². The van der Waals surface area contributed by atoms with Crippen molar-refractivity contribution < 1.29 is 4.48 Å². The monoisotopic (exact) mass is 245 g/mol. The fraction of sp³-hybridized carbons (Fsp3) is 0.600. The molecule has 0 amide bonds. The van der Waals surface area contributed by atoms with Crippen LogP contribution in [0.2, 0.25) is 0 Å². The molecule has 1 rings (SSSR count). The van der Waals surface area contributed by atoms with Crippen LogP contribution in [0.15, 0.2) is 16.9 Å². The number of aromatic nitrogens is 1. The van der Waals surface area contributed by atoms with Crippen LogP contribution in [0.1, 0.15) is 12.0 Å². The van der Waals surface area contributed by atoms with E-state index in [4.69, 9.17) is 0 Å². The van der Waals surface area contributed by atoms with Gasteiger partial charge in [0.25, 0.3) is 0 Å². The molecule has 13 heavy (non-hydrogen) atoms. The number of hydrogen-bond donors (Lipinski definition) is 1. The van der Waals surface area contributed by atoms with E-state index in [9.17, 15) is 0 Å². The Morgan fingerprint density at radius 1 is 1.38 bits per heavy atom. The second kappa shape index (κ2) is 4.29. The number of rotatable bonds is 4. The second-order valence-electron chi connectivity index (χ2n) is 4.47. The van der Waals surface area contributed by atoms with Crippen molar-refractivity contribution in [1.82, 2.24) is 4.98 Å². The highest BCUT2D eigenvalue weighted by Crippen LogP contribution is 2.11. The Labute approximate surface area is 88.7 Å². The molecular weight excluding hydrogens is 228 g/mol. The van der Waals surface area contributed by atoms with Gasteiger partial charge in [0.2, 0.25) is 0 Å². The summed E-state index contributed by atoms with van der Waals surface area (Å²) < 4.78 is 2.12. The average Bonchev–Trinajstić information content (AvgIpc) is 2.33. The molecule has 0 aromatic carbocycles. The lowest BCUT2D eigenvalue weighted by Crippen LogP contribution is -2.35. The first kappa shape index (κ1) is 10.8. The van der Waals surface area contributed by atoms with E-state index in [-0.39, 0.29) is 0 Å². The van der Waals surface area contributed by atoms with Gasteiger partial charge in [-0.15, -0.1) is 0 Å². The van der Waals surface area contributed by atoms with Crippen LogP contribution in [0, 0.1) is 0 Å². The standard InChI is InChI=1S/C10H18BrN2/c1-13(2,3)6-4-5-9-7-10(11)12-8-9/h7-8,12H,4-6H2,1-3H3/q+1. The normalized spacial score (nSPS) is 12.0. The molecule has 74 valence electrons. The van der Waals surface area contributed by atoms with Crippen LogP contribution in [0.3, 0.4) is 0 Å². The maximum absolute atomic E-state index is 3.40. The van der Waals surface area contributed by atoms with E-state index in [1.54, 1.807) is 0 Å². The zero-order valence-electron chi connectivity index (χ0n) is 8.60. The van der Waals surface area contributed by atoms with E-state index >= 15 is 0 Å². The van der Waals surface area contributed by atoms with E-state index in [0.717, 1.165) is 15.5 Å². The minimum Gasteiger partial charge on any atom is -0.356 e. The van der Waals surface area contributed by atoms with Crippen LogP contribution in [0.4, 0.5) is 0 Å². The van der Waals surface area contributed by atoms with Gasteiger partial charge in [0, 0.05) is 12.6 Å². The smallest absolute Gasteiger partial charge is 0.0822 e. The van der Waals surface area contributed by atoms with E-state index in [2.05, 4.69) is 54.3 Å². The lowest BCUT2D eigenvalue weighted by molar-refractivity contribution is -0.870. The topological polar surface area (TPSA) is 15.8 Å². The summed E-state index contributed by atoms with van der Waals surface area (Å²) in [5, 5.41) is 0. The molecule has 1 N–H and O–H groups in total. The molecule has 0 aliphatic carbocycles. The number of halogens is 1. The van der Waals surface area contributed by atoms with Gasteiger partial charge >= 0.3 is 0 Å². The third-order valence-corrected chi connectivity index (χ3v) is 2.46. The van der Waals surface area contributed by atoms with Gasteiger partial charge in [0.1, 0.15) is 0 Å². The molecule has 1 aromatic heterocycles. The average molecular weight is 246 g/mol. The summed E-state index contributed by atoms with van der Waals surface area (Å²) in [5.74, 6) is 0. The van der Waals surface area contributed by atoms with Gasteiger partial charge in [-0.1, -0.05) is 0 Å². The van der Waals surface area contributed by atoms with Gasteiger partial charge in [0.15, 0.2) is 0 Å². The Hall–Kier alpha value is -0.280. The molecule has 0 spiro atoms. The zero-order chi connectivity index (χ0) is 9.90. The Morgan fingerprint density at radius 3 is 2.54 bits per heavy atom. The summed E-state index contributed by atoms with van der Waals surface area (Å²) in [6.07, 6.45) is 4.48. The molecule has 0 radical (unpaired) electrons. The van der Waals surface area contributed by atoms with E-state index in [1.165, 1.54) is 18.5 Å². The predicted octanol–water partition coefficient (Wildman–Crippen LogP) is 2.42. The van der Waals surface area contributed by atoms with E-state index in [0.29, 0.717) is 0 Å². The van der Waals surface area contributed by atoms with Crippen molar-refractivity contribution in [3.8, 4) is 0 Å². The van der Waals surface area contributed by atoms with Crippen molar-refractivity contribution >= 4 is 15.9 Å². The molecule has 3 heteroatoms. The summed E-state index contributed by atoms with van der Waals surface area (Å²) in [7, 11) is 6.69. The Bertz CT molecular complexity index is 260. The molecule has 0 saturated heterocycles. The molecule has 0 aliphatic rings. The number of aromatic amines is 1. The van der Waals surface area contributed by atoms with Gasteiger partial charge < -0.3 is 9.47 Å². The van der Waals surface area contributed by atoms with Crippen LogP contribution in [0.25, 0.3) is 0 Å². The number of nitrogens with zero attached hydrogens (tertiary/aromatic N) is 1. The maximum atomic E-state index is 3.40. The fourth-order valence-corrected chi connectivity index (χ4v) is 1.72. The summed E-state index contributed by atoms with van der Waals surface area (Å²) in [6, 6.07) is 2.15. The first-order valence-corrected chi connectivity index (χ1v) is 5.40. The zero-order valence-corrected chi connectivity index (χ0v) is 10.2. The van der Waals surface area contributed by atoms with Crippen molar-refractivity contribution in [2.75, 3.05) is 27.7 Å². The minimum atomic E-state index is 1.05. The number of aryl methyl sites for hydroxylation is 1. The first-order valence-electron chi connectivity index (χ1n) is 4.61. The molecule has 1 aromatic rings. The van der Waals surface area contributed by atoms with Crippen LogP contribution in [-0.2, 0) is 6.42 Å². The highest BCUT2D eigenvalue weighted by Gasteiger charge is 2.06. The quantitative estimate of drug-likeness (QED) is 0.785. The molecule has 0 fully saturated rings. The van der Waals surface area contributed by atoms with Crippen LogP contribution in [0.5, 0.6) is 0 Å². The molecular formula is C10H18BrN2+. The number of nitrogens with one attached hydrogen (secondary N) is 1. The second-order valence-corrected chi connectivity index (χ2v) is 5.33. The Morgan fingerprint density at radius 2 is 2.08 bits per heavy atom. The van der Waals surface area contributed by atoms with Crippen molar-refractivity contribution in [1.29, 1.82) is 0 Å². The summed E-state index contributed by atoms with van der Waals surface area (Å²) in [5.41, 5.74) is 1.39. The molecule has 0 unspecified atom stereocenters. The molecule has 1 heterocycles. The lowest BCUT2D eigenvalue weighted by Gasteiger charge is -2.23. The third kappa shape index (κ3) is 4.48. The van der Waals surface area contributed by atoms with Crippen molar-refractivity contribution in [2.24, 2.45) is 0 Å². The van der Waals surface area contributed by atoms with Crippen molar-refractivity contribution in [3.05, 3.63) is 22.4 Å². The lowest BCUT2D eigenvalue weighted by atomic mass is 10.2. The maximum Gasteiger partial charge on any atom is 0.0822 e. The molecule has 2 nitrogen and oxygen atoms in total. The first-order chi connectivity index (χ1) is 5.97. The summed E-state index contributed by atoms with van der Waals surface area (Å²) >= 11 is 3.40. The van der Waals surface area contributed by atoms with Crippen molar-refractivity contribution in [3.63, 3.8) is 0 Å². The highest BCUT2D eigenvalue weighted by molar-refractivity contribution is 9.10. The van der Waals surface area contributed by atoms with Gasteiger partial charge in [0.05, 0.1) is 32.3 Å². The molecule has 0 aliphatic heterocycles. The number of H-pyrrole nitrogens is 1. The highest BCUT2D eigenvalue weighted by atomic mass is 79.9. The van der Waals surface area contributed by atoms with Gasteiger partial charge in [-0.25, -0.2) is 0 Å². The fourth-order valence-electron chi connectivity index (χ4n) is 1.31. The summed E-state index contributed by atoms with van der Waals surface area (Å²) in [6.45, 7) is 1.22. The summed E-state index contributed by atoms with van der Waals surface area (Å²) in [4.78, 5) is 3.13. The molecule has 0 saturated carbocycles. The minimum absolute atomic E-state index is 1.05. The van der Waals surface area contributed by atoms with Gasteiger partial charge in [-0.2, -0.15) is 0 Å². The largest absolute Gasteiger partial charge is 0.356 e. The van der Waals surface area contributed by atoms with E-state index < -0.39 is 0 Å². The van der Waals surface area contributed by atoms with Gasteiger partial charge in [-0.3, -0.25) is 0 Å². The van der Waals surface area contributed by atoms with E-state index in [1.807, 2.05) is 0 Å². The van der Waals surface area contributed by atoms with Crippen LogP contribution < -0.4 is 0 Å². The third-order valence-electron chi connectivity index (χ3n) is 2.00. The molecule has 0 bridgehead atoms. The van der Waals surface area contributed by atoms with Crippen molar-refractivity contribution in [2.45, 2.75) is 12.8 Å². The Kier molecular flexibility index (Phi) is 3.56. The number of quaternary nitrogens is 1. The Balaban J connectivity index is 2.28.